The second kappa shape index (κ2) is 5.47. The van der Waals surface area contributed by atoms with Gasteiger partial charge in [-0.3, -0.25) is 4.68 Å². The number of esters is 1. The second-order valence-electron chi connectivity index (χ2n) is 3.75. The molecule has 7 nitrogen and oxygen atoms in total. The van der Waals surface area contributed by atoms with Gasteiger partial charge in [0.2, 0.25) is 5.95 Å². The van der Waals surface area contributed by atoms with Gasteiger partial charge in [-0.2, -0.15) is 5.10 Å². The van der Waals surface area contributed by atoms with Gasteiger partial charge in [-0.25, -0.2) is 14.8 Å². The van der Waals surface area contributed by atoms with Crippen molar-refractivity contribution in [1.29, 1.82) is 0 Å². The molecular formula is C12H15N5O2. The molecule has 2 rings (SSSR count). The van der Waals surface area contributed by atoms with Gasteiger partial charge in [0.05, 0.1) is 12.3 Å². The third-order valence-corrected chi connectivity index (χ3v) is 2.50. The van der Waals surface area contributed by atoms with Crippen LogP contribution in [0.1, 0.15) is 24.3 Å². The van der Waals surface area contributed by atoms with Crippen LogP contribution in [0.4, 0.5) is 5.95 Å². The van der Waals surface area contributed by atoms with Crippen LogP contribution < -0.4 is 5.73 Å². The first-order chi connectivity index (χ1) is 9.15. The lowest BCUT2D eigenvalue weighted by molar-refractivity contribution is 0.0512. The maximum atomic E-state index is 11.8. The fourth-order valence-electron chi connectivity index (χ4n) is 1.67. The molecule has 0 aliphatic rings. The van der Waals surface area contributed by atoms with Crippen molar-refractivity contribution in [3.63, 3.8) is 0 Å². The van der Waals surface area contributed by atoms with E-state index in [0.717, 1.165) is 0 Å². The molecule has 0 spiro atoms. The van der Waals surface area contributed by atoms with E-state index >= 15 is 0 Å². The predicted octanol–water partition coefficient (Wildman–Crippen LogP) is 1.12. The number of hydrogen-bond acceptors (Lipinski definition) is 6. The molecule has 0 atom stereocenters. The number of anilines is 1. The number of aryl methyl sites for hydroxylation is 1. The minimum Gasteiger partial charge on any atom is -0.461 e. The van der Waals surface area contributed by atoms with E-state index in [2.05, 4.69) is 15.1 Å². The van der Waals surface area contributed by atoms with Crippen LogP contribution in [-0.4, -0.2) is 32.3 Å². The SMILES string of the molecule is CCOC(=O)c1cc(-c2ccnc(N)n2)nn1CC. The molecule has 2 aromatic heterocycles. The van der Waals surface area contributed by atoms with Crippen LogP contribution in [0.25, 0.3) is 11.4 Å². The molecule has 19 heavy (non-hydrogen) atoms. The monoisotopic (exact) mass is 261 g/mol. The number of rotatable bonds is 4. The number of carbonyl (C=O) groups is 1. The van der Waals surface area contributed by atoms with Gasteiger partial charge in [-0.05, 0) is 19.9 Å². The fraction of sp³-hybridized carbons (Fsp3) is 0.333. The molecule has 0 saturated carbocycles. The molecule has 2 aromatic rings. The van der Waals surface area contributed by atoms with Crippen molar-refractivity contribution in [2.45, 2.75) is 20.4 Å². The van der Waals surface area contributed by atoms with Crippen LogP contribution in [0.15, 0.2) is 18.3 Å². The van der Waals surface area contributed by atoms with Crippen LogP contribution in [0.5, 0.6) is 0 Å². The first-order valence-electron chi connectivity index (χ1n) is 5.99. The molecule has 7 heteroatoms. The van der Waals surface area contributed by atoms with Gasteiger partial charge < -0.3 is 10.5 Å². The molecular weight excluding hydrogens is 246 g/mol. The molecule has 0 amide bonds. The van der Waals surface area contributed by atoms with E-state index in [4.69, 9.17) is 10.5 Å². The zero-order valence-corrected chi connectivity index (χ0v) is 10.8. The van der Waals surface area contributed by atoms with E-state index in [1.54, 1.807) is 29.9 Å². The molecule has 0 aliphatic heterocycles. The number of nitrogens with two attached hydrogens (primary N) is 1. The summed E-state index contributed by atoms with van der Waals surface area (Å²) < 4.78 is 6.56. The standard InChI is InChI=1S/C12H15N5O2/c1-3-17-10(11(18)19-4-2)7-9(16-17)8-5-6-14-12(13)15-8/h5-7H,3-4H2,1-2H3,(H2,13,14,15). The molecule has 0 unspecified atom stereocenters. The van der Waals surface area contributed by atoms with Gasteiger partial charge in [0, 0.05) is 18.8 Å². The first-order valence-corrected chi connectivity index (χ1v) is 5.99. The Balaban J connectivity index is 2.41. The summed E-state index contributed by atoms with van der Waals surface area (Å²) in [6.07, 6.45) is 1.55. The van der Waals surface area contributed by atoms with Gasteiger partial charge >= 0.3 is 5.97 Å². The number of nitrogens with zero attached hydrogens (tertiary/aromatic N) is 4. The molecule has 2 heterocycles. The number of ether oxygens (including phenoxy) is 1. The molecule has 0 aromatic carbocycles. The highest BCUT2D eigenvalue weighted by Crippen LogP contribution is 2.18. The zero-order chi connectivity index (χ0) is 13.8. The highest BCUT2D eigenvalue weighted by molar-refractivity contribution is 5.88. The first kappa shape index (κ1) is 13.0. The van der Waals surface area contributed by atoms with Crippen LogP contribution in [0, 0.1) is 0 Å². The van der Waals surface area contributed by atoms with Gasteiger partial charge in [0.1, 0.15) is 11.4 Å². The molecule has 0 fully saturated rings. The highest BCUT2D eigenvalue weighted by Gasteiger charge is 2.17. The third kappa shape index (κ3) is 2.70. The Kier molecular flexibility index (Phi) is 3.74. The lowest BCUT2D eigenvalue weighted by Crippen LogP contribution is -2.12. The summed E-state index contributed by atoms with van der Waals surface area (Å²) in [4.78, 5) is 19.7. The Bertz CT molecular complexity index is 594. The summed E-state index contributed by atoms with van der Waals surface area (Å²) in [5.41, 5.74) is 7.07. The average Bonchev–Trinajstić information content (AvgIpc) is 2.83. The molecule has 2 N–H and O–H groups in total. The summed E-state index contributed by atoms with van der Waals surface area (Å²) in [5, 5.41) is 4.31. The van der Waals surface area contributed by atoms with Crippen molar-refractivity contribution in [2.75, 3.05) is 12.3 Å². The Labute approximate surface area is 110 Å². The largest absolute Gasteiger partial charge is 0.461 e. The van der Waals surface area contributed by atoms with E-state index < -0.39 is 5.97 Å². The Morgan fingerprint density at radius 1 is 1.42 bits per heavy atom. The van der Waals surface area contributed by atoms with Crippen molar-refractivity contribution in [3.8, 4) is 11.4 Å². The number of nitrogen functional groups attached to an aromatic ring is 1. The fourth-order valence-corrected chi connectivity index (χ4v) is 1.67. The summed E-state index contributed by atoms with van der Waals surface area (Å²) in [6, 6.07) is 3.33. The summed E-state index contributed by atoms with van der Waals surface area (Å²) >= 11 is 0. The molecule has 100 valence electrons. The lowest BCUT2D eigenvalue weighted by Gasteiger charge is -2.02. The van der Waals surface area contributed by atoms with E-state index in [9.17, 15) is 4.79 Å². The quantitative estimate of drug-likeness (QED) is 0.828. The number of hydrogen-bond donors (Lipinski definition) is 1. The molecule has 0 aliphatic carbocycles. The van der Waals surface area contributed by atoms with Gasteiger partial charge in [-0.1, -0.05) is 0 Å². The van der Waals surface area contributed by atoms with Crippen LogP contribution in [0.2, 0.25) is 0 Å². The topological polar surface area (TPSA) is 95.9 Å². The molecule has 0 bridgehead atoms. The van der Waals surface area contributed by atoms with Gasteiger partial charge in [-0.15, -0.1) is 0 Å². The summed E-state index contributed by atoms with van der Waals surface area (Å²) in [5.74, 6) is -0.230. The average molecular weight is 261 g/mol. The minimum absolute atomic E-state index is 0.168. The van der Waals surface area contributed by atoms with E-state index in [0.29, 0.717) is 30.2 Å². The van der Waals surface area contributed by atoms with Crippen LogP contribution in [-0.2, 0) is 11.3 Å². The Hall–Kier alpha value is -2.44. The third-order valence-electron chi connectivity index (χ3n) is 2.50. The van der Waals surface area contributed by atoms with Crippen molar-refractivity contribution in [1.82, 2.24) is 19.7 Å². The van der Waals surface area contributed by atoms with Crippen molar-refractivity contribution < 1.29 is 9.53 Å². The zero-order valence-electron chi connectivity index (χ0n) is 10.8. The van der Waals surface area contributed by atoms with E-state index in [1.165, 1.54) is 0 Å². The summed E-state index contributed by atoms with van der Waals surface area (Å²) in [6.45, 7) is 4.54. The maximum Gasteiger partial charge on any atom is 0.356 e. The smallest absolute Gasteiger partial charge is 0.356 e. The lowest BCUT2D eigenvalue weighted by atomic mass is 10.3. The number of aromatic nitrogens is 4. The number of carbonyl (C=O) groups excluding carboxylic acids is 1. The van der Waals surface area contributed by atoms with Crippen LogP contribution >= 0.6 is 0 Å². The minimum atomic E-state index is -0.398. The summed E-state index contributed by atoms with van der Waals surface area (Å²) in [7, 11) is 0. The van der Waals surface area contributed by atoms with Crippen molar-refractivity contribution in [3.05, 3.63) is 24.0 Å². The Morgan fingerprint density at radius 3 is 2.84 bits per heavy atom. The van der Waals surface area contributed by atoms with Crippen molar-refractivity contribution in [2.24, 2.45) is 0 Å². The normalized spacial score (nSPS) is 10.4. The predicted molar refractivity (Wildman–Crippen MR) is 69.3 cm³/mol. The van der Waals surface area contributed by atoms with Crippen LogP contribution in [0.3, 0.4) is 0 Å². The Morgan fingerprint density at radius 2 is 2.21 bits per heavy atom. The molecule has 0 saturated heterocycles. The van der Waals surface area contributed by atoms with Gasteiger partial charge in [0.25, 0.3) is 0 Å². The van der Waals surface area contributed by atoms with Gasteiger partial charge in [0.15, 0.2) is 0 Å². The van der Waals surface area contributed by atoms with Crippen molar-refractivity contribution >= 4 is 11.9 Å². The van der Waals surface area contributed by atoms with E-state index in [1.807, 2.05) is 6.92 Å². The van der Waals surface area contributed by atoms with E-state index in [-0.39, 0.29) is 5.95 Å². The highest BCUT2D eigenvalue weighted by atomic mass is 16.5. The molecule has 0 radical (unpaired) electrons. The second-order valence-corrected chi connectivity index (χ2v) is 3.75. The maximum absolute atomic E-state index is 11.8.